The standard InChI is InChI=1S/C11H21N3O/c1-9(15)8-14-6-5-12-10(14)7-13-11(2,3)4/h5-6,9,13,15H,7-8H2,1-4H3. The number of nitrogens with one attached hydrogen (secondary N) is 1. The maximum atomic E-state index is 9.31. The molecular formula is C11H21N3O. The fraction of sp³-hybridized carbons (Fsp3) is 0.727. The van der Waals surface area contributed by atoms with Gasteiger partial charge in [0.05, 0.1) is 12.6 Å². The van der Waals surface area contributed by atoms with Crippen molar-refractivity contribution in [3.05, 3.63) is 18.2 Å². The van der Waals surface area contributed by atoms with Crippen molar-refractivity contribution < 1.29 is 5.11 Å². The Morgan fingerprint density at radius 3 is 2.73 bits per heavy atom. The fourth-order valence-electron chi connectivity index (χ4n) is 1.30. The Morgan fingerprint density at radius 2 is 2.20 bits per heavy atom. The van der Waals surface area contributed by atoms with Crippen molar-refractivity contribution in [1.82, 2.24) is 14.9 Å². The summed E-state index contributed by atoms with van der Waals surface area (Å²) < 4.78 is 1.98. The zero-order valence-electron chi connectivity index (χ0n) is 9.99. The summed E-state index contributed by atoms with van der Waals surface area (Å²) in [5, 5.41) is 12.7. The van der Waals surface area contributed by atoms with Gasteiger partial charge in [-0.3, -0.25) is 0 Å². The summed E-state index contributed by atoms with van der Waals surface area (Å²) in [6.07, 6.45) is 3.32. The maximum absolute atomic E-state index is 9.31. The smallest absolute Gasteiger partial charge is 0.122 e. The third-order valence-corrected chi connectivity index (χ3v) is 2.04. The van der Waals surface area contributed by atoms with E-state index < -0.39 is 0 Å². The van der Waals surface area contributed by atoms with Gasteiger partial charge in [0.1, 0.15) is 5.82 Å². The fourth-order valence-corrected chi connectivity index (χ4v) is 1.30. The molecule has 0 fully saturated rings. The summed E-state index contributed by atoms with van der Waals surface area (Å²) in [5.74, 6) is 0.964. The van der Waals surface area contributed by atoms with E-state index in [9.17, 15) is 5.11 Å². The molecule has 1 atom stereocenters. The van der Waals surface area contributed by atoms with Gasteiger partial charge >= 0.3 is 0 Å². The number of rotatable bonds is 4. The molecule has 0 aliphatic rings. The molecule has 1 aromatic heterocycles. The molecule has 1 unspecified atom stereocenters. The van der Waals surface area contributed by atoms with E-state index in [1.807, 2.05) is 10.8 Å². The van der Waals surface area contributed by atoms with Crippen molar-refractivity contribution in [3.63, 3.8) is 0 Å². The third-order valence-electron chi connectivity index (χ3n) is 2.04. The molecule has 0 radical (unpaired) electrons. The molecule has 0 spiro atoms. The lowest BCUT2D eigenvalue weighted by Crippen LogP contribution is -2.36. The summed E-state index contributed by atoms with van der Waals surface area (Å²) in [5.41, 5.74) is 0.0849. The highest BCUT2D eigenvalue weighted by molar-refractivity contribution is 4.93. The van der Waals surface area contributed by atoms with Crippen molar-refractivity contribution >= 4 is 0 Å². The minimum Gasteiger partial charge on any atom is -0.392 e. The number of imidazole rings is 1. The summed E-state index contributed by atoms with van der Waals surface area (Å²) in [6.45, 7) is 9.46. The van der Waals surface area contributed by atoms with Crippen LogP contribution in [-0.2, 0) is 13.1 Å². The van der Waals surface area contributed by atoms with Gasteiger partial charge in [-0.15, -0.1) is 0 Å². The Hall–Kier alpha value is -0.870. The van der Waals surface area contributed by atoms with Gasteiger partial charge in [0, 0.05) is 24.5 Å². The molecule has 0 aliphatic carbocycles. The predicted molar refractivity (Wildman–Crippen MR) is 60.5 cm³/mol. The van der Waals surface area contributed by atoms with Gasteiger partial charge in [-0.2, -0.15) is 0 Å². The van der Waals surface area contributed by atoms with Crippen LogP contribution in [0.15, 0.2) is 12.4 Å². The van der Waals surface area contributed by atoms with E-state index in [4.69, 9.17) is 0 Å². The lowest BCUT2D eigenvalue weighted by molar-refractivity contribution is 0.172. The second-order valence-corrected chi connectivity index (χ2v) is 4.95. The molecule has 0 bridgehead atoms. The molecular weight excluding hydrogens is 190 g/mol. The van der Waals surface area contributed by atoms with Crippen LogP contribution >= 0.6 is 0 Å². The van der Waals surface area contributed by atoms with Gasteiger partial charge in [-0.05, 0) is 27.7 Å². The first kappa shape index (κ1) is 12.2. The normalized spacial score (nSPS) is 14.2. The molecule has 0 amide bonds. The first-order valence-corrected chi connectivity index (χ1v) is 5.31. The number of aliphatic hydroxyl groups excluding tert-OH is 1. The monoisotopic (exact) mass is 211 g/mol. The molecule has 2 N–H and O–H groups in total. The summed E-state index contributed by atoms with van der Waals surface area (Å²) >= 11 is 0. The molecule has 15 heavy (non-hydrogen) atoms. The third kappa shape index (κ3) is 4.44. The molecule has 4 nitrogen and oxygen atoms in total. The van der Waals surface area contributed by atoms with Crippen molar-refractivity contribution in [1.29, 1.82) is 0 Å². The van der Waals surface area contributed by atoms with Crippen LogP contribution in [0.2, 0.25) is 0 Å². The number of nitrogens with zero attached hydrogens (tertiary/aromatic N) is 2. The molecule has 0 saturated carbocycles. The SMILES string of the molecule is CC(O)Cn1ccnc1CNC(C)(C)C. The topological polar surface area (TPSA) is 50.1 Å². The van der Waals surface area contributed by atoms with Gasteiger partial charge in [0.2, 0.25) is 0 Å². The van der Waals surface area contributed by atoms with Crippen LogP contribution in [0.1, 0.15) is 33.5 Å². The molecule has 1 rings (SSSR count). The average Bonchev–Trinajstić information content (AvgIpc) is 2.46. The van der Waals surface area contributed by atoms with Crippen LogP contribution in [-0.4, -0.2) is 26.3 Å². The van der Waals surface area contributed by atoms with E-state index in [0.717, 1.165) is 12.4 Å². The van der Waals surface area contributed by atoms with Gasteiger partial charge < -0.3 is 15.0 Å². The maximum Gasteiger partial charge on any atom is 0.122 e. The minimum atomic E-state index is -0.340. The van der Waals surface area contributed by atoms with E-state index in [2.05, 4.69) is 31.1 Å². The van der Waals surface area contributed by atoms with Crippen molar-refractivity contribution in [2.24, 2.45) is 0 Å². The van der Waals surface area contributed by atoms with Crippen LogP contribution in [0.25, 0.3) is 0 Å². The molecule has 0 aromatic carbocycles. The van der Waals surface area contributed by atoms with Gasteiger partial charge in [-0.25, -0.2) is 4.98 Å². The summed E-state index contributed by atoms with van der Waals surface area (Å²) in [7, 11) is 0. The highest BCUT2D eigenvalue weighted by atomic mass is 16.3. The molecule has 1 aromatic rings. The highest BCUT2D eigenvalue weighted by Gasteiger charge is 2.11. The van der Waals surface area contributed by atoms with E-state index in [0.29, 0.717) is 6.54 Å². The second-order valence-electron chi connectivity index (χ2n) is 4.95. The van der Waals surface area contributed by atoms with E-state index in [1.54, 1.807) is 13.1 Å². The molecule has 0 aliphatic heterocycles. The van der Waals surface area contributed by atoms with E-state index in [1.165, 1.54) is 0 Å². The Labute approximate surface area is 91.3 Å². The van der Waals surface area contributed by atoms with Crippen LogP contribution < -0.4 is 5.32 Å². The molecule has 0 saturated heterocycles. The Kier molecular flexibility index (Phi) is 3.88. The largest absolute Gasteiger partial charge is 0.392 e. The zero-order chi connectivity index (χ0) is 11.5. The predicted octanol–water partition coefficient (Wildman–Crippen LogP) is 1.15. The lowest BCUT2D eigenvalue weighted by Gasteiger charge is -2.20. The van der Waals surface area contributed by atoms with Crippen LogP contribution in [0.5, 0.6) is 0 Å². The minimum absolute atomic E-state index is 0.0849. The number of hydrogen-bond donors (Lipinski definition) is 2. The van der Waals surface area contributed by atoms with Crippen molar-refractivity contribution in [3.8, 4) is 0 Å². The molecule has 4 heteroatoms. The second kappa shape index (κ2) is 4.77. The Balaban J connectivity index is 2.57. The zero-order valence-corrected chi connectivity index (χ0v) is 9.99. The average molecular weight is 211 g/mol. The number of aliphatic hydroxyl groups is 1. The molecule has 1 heterocycles. The van der Waals surface area contributed by atoms with Crippen LogP contribution in [0.4, 0.5) is 0 Å². The summed E-state index contributed by atoms with van der Waals surface area (Å²) in [6, 6.07) is 0. The first-order chi connectivity index (χ1) is 6.88. The van der Waals surface area contributed by atoms with Crippen molar-refractivity contribution in [2.45, 2.75) is 52.4 Å². The van der Waals surface area contributed by atoms with Crippen LogP contribution in [0.3, 0.4) is 0 Å². The van der Waals surface area contributed by atoms with E-state index >= 15 is 0 Å². The van der Waals surface area contributed by atoms with E-state index in [-0.39, 0.29) is 11.6 Å². The molecule has 86 valence electrons. The number of hydrogen-bond acceptors (Lipinski definition) is 3. The van der Waals surface area contributed by atoms with Gasteiger partial charge in [0.15, 0.2) is 0 Å². The van der Waals surface area contributed by atoms with Gasteiger partial charge in [-0.1, -0.05) is 0 Å². The Morgan fingerprint density at radius 1 is 1.53 bits per heavy atom. The first-order valence-electron chi connectivity index (χ1n) is 5.31. The van der Waals surface area contributed by atoms with Crippen molar-refractivity contribution in [2.75, 3.05) is 0 Å². The lowest BCUT2D eigenvalue weighted by atomic mass is 10.1. The Bertz CT molecular complexity index is 299. The van der Waals surface area contributed by atoms with Crippen LogP contribution in [0, 0.1) is 0 Å². The highest BCUT2D eigenvalue weighted by Crippen LogP contribution is 2.04. The quantitative estimate of drug-likeness (QED) is 0.785. The van der Waals surface area contributed by atoms with Gasteiger partial charge in [0.25, 0.3) is 0 Å². The number of aromatic nitrogens is 2. The summed E-state index contributed by atoms with van der Waals surface area (Å²) in [4.78, 5) is 4.26.